The first-order chi connectivity index (χ1) is 10.3. The molecule has 2 fully saturated rings. The van der Waals surface area contributed by atoms with Crippen molar-refractivity contribution in [1.82, 2.24) is 4.90 Å². The van der Waals surface area contributed by atoms with Gasteiger partial charge in [0.2, 0.25) is 0 Å². The van der Waals surface area contributed by atoms with E-state index in [1.807, 2.05) is 0 Å². The van der Waals surface area contributed by atoms with Crippen LogP contribution in [0.25, 0.3) is 0 Å². The molecule has 2 rings (SSSR count). The molecule has 2 aliphatic rings. The molecule has 2 N–H and O–H groups in total. The van der Waals surface area contributed by atoms with Gasteiger partial charge in [-0.1, -0.05) is 57.8 Å². The smallest absolute Gasteiger partial charge is 0.0850 e. The molecule has 21 heavy (non-hydrogen) atoms. The van der Waals surface area contributed by atoms with Crippen molar-refractivity contribution < 1.29 is 4.74 Å². The number of morpholine rings is 1. The van der Waals surface area contributed by atoms with Crippen LogP contribution in [0.4, 0.5) is 0 Å². The fraction of sp³-hybridized carbons (Fsp3) is 1.00. The Bertz CT molecular complexity index is 258. The van der Waals surface area contributed by atoms with E-state index in [4.69, 9.17) is 10.5 Å². The van der Waals surface area contributed by atoms with Gasteiger partial charge in [0, 0.05) is 25.2 Å². The minimum atomic E-state index is 0.152. The van der Waals surface area contributed by atoms with E-state index in [1.54, 1.807) is 0 Å². The van der Waals surface area contributed by atoms with E-state index in [0.29, 0.717) is 0 Å². The number of hydrogen-bond donors (Lipinski definition) is 1. The molecular weight excluding hydrogens is 260 g/mol. The van der Waals surface area contributed by atoms with Gasteiger partial charge in [-0.2, -0.15) is 0 Å². The Morgan fingerprint density at radius 1 is 0.905 bits per heavy atom. The number of rotatable bonds is 2. The number of nitrogens with zero attached hydrogens (tertiary/aromatic N) is 1. The first kappa shape index (κ1) is 17.2. The van der Waals surface area contributed by atoms with Gasteiger partial charge in [-0.3, -0.25) is 4.90 Å². The van der Waals surface area contributed by atoms with Crippen LogP contribution in [0.5, 0.6) is 0 Å². The molecule has 3 heteroatoms. The second-order valence-corrected chi connectivity index (χ2v) is 7.18. The van der Waals surface area contributed by atoms with Gasteiger partial charge >= 0.3 is 0 Å². The van der Waals surface area contributed by atoms with Gasteiger partial charge in [0.1, 0.15) is 0 Å². The lowest BCUT2D eigenvalue weighted by Crippen LogP contribution is -2.52. The SMILES string of the molecule is CC(N)C1CN(C2CCCCCCCCCCC2)CCO1. The van der Waals surface area contributed by atoms with Gasteiger partial charge in [-0.15, -0.1) is 0 Å². The van der Waals surface area contributed by atoms with Crippen molar-refractivity contribution >= 4 is 0 Å². The summed E-state index contributed by atoms with van der Waals surface area (Å²) in [5, 5.41) is 0. The van der Waals surface area contributed by atoms with E-state index >= 15 is 0 Å². The standard InChI is InChI=1S/C18H36N2O/c1-16(19)18-15-20(13-14-21-18)17-11-9-7-5-3-2-4-6-8-10-12-17/h16-18H,2-15,19H2,1H3. The molecule has 0 bridgehead atoms. The third-order valence-electron chi connectivity index (χ3n) is 5.30. The third kappa shape index (κ3) is 6.25. The maximum atomic E-state index is 6.05. The molecule has 1 heterocycles. The fourth-order valence-electron chi connectivity index (χ4n) is 3.85. The van der Waals surface area contributed by atoms with Gasteiger partial charge in [-0.05, 0) is 19.8 Å². The van der Waals surface area contributed by atoms with Crippen molar-refractivity contribution in [3.8, 4) is 0 Å². The van der Waals surface area contributed by atoms with Crippen molar-refractivity contribution in [2.24, 2.45) is 5.73 Å². The van der Waals surface area contributed by atoms with Gasteiger partial charge in [-0.25, -0.2) is 0 Å². The Morgan fingerprint density at radius 3 is 1.95 bits per heavy atom. The molecule has 1 saturated carbocycles. The van der Waals surface area contributed by atoms with Crippen LogP contribution in [0.2, 0.25) is 0 Å². The van der Waals surface area contributed by atoms with E-state index in [2.05, 4.69) is 11.8 Å². The molecule has 2 atom stereocenters. The van der Waals surface area contributed by atoms with Crippen molar-refractivity contribution in [3.05, 3.63) is 0 Å². The van der Waals surface area contributed by atoms with Crippen molar-refractivity contribution in [3.63, 3.8) is 0 Å². The summed E-state index contributed by atoms with van der Waals surface area (Å²) in [5.74, 6) is 0. The summed E-state index contributed by atoms with van der Waals surface area (Å²) in [6.45, 7) is 5.09. The second kappa shape index (κ2) is 9.81. The summed E-state index contributed by atoms with van der Waals surface area (Å²) >= 11 is 0. The molecule has 0 aromatic heterocycles. The van der Waals surface area contributed by atoms with Crippen LogP contribution < -0.4 is 5.73 Å². The Morgan fingerprint density at radius 2 is 1.43 bits per heavy atom. The van der Waals surface area contributed by atoms with E-state index in [-0.39, 0.29) is 12.1 Å². The maximum absolute atomic E-state index is 6.05. The van der Waals surface area contributed by atoms with Crippen LogP contribution in [-0.4, -0.2) is 42.8 Å². The summed E-state index contributed by atoms with van der Waals surface area (Å²) in [7, 11) is 0. The highest BCUT2D eigenvalue weighted by atomic mass is 16.5. The molecule has 1 aliphatic carbocycles. The lowest BCUT2D eigenvalue weighted by atomic mass is 9.96. The van der Waals surface area contributed by atoms with Gasteiger partial charge in [0.25, 0.3) is 0 Å². The normalized spacial score (nSPS) is 30.3. The predicted molar refractivity (Wildman–Crippen MR) is 89.5 cm³/mol. The molecule has 1 saturated heterocycles. The van der Waals surface area contributed by atoms with Gasteiger partial charge in [0.15, 0.2) is 0 Å². The summed E-state index contributed by atoms with van der Waals surface area (Å²) in [4.78, 5) is 2.68. The number of ether oxygens (including phenoxy) is 1. The van der Waals surface area contributed by atoms with Crippen molar-refractivity contribution in [2.75, 3.05) is 19.7 Å². The van der Waals surface area contributed by atoms with E-state index < -0.39 is 0 Å². The lowest BCUT2D eigenvalue weighted by molar-refractivity contribution is -0.0542. The average molecular weight is 296 g/mol. The Balaban J connectivity index is 1.84. The van der Waals surface area contributed by atoms with Gasteiger partial charge < -0.3 is 10.5 Å². The highest BCUT2D eigenvalue weighted by Crippen LogP contribution is 2.22. The highest BCUT2D eigenvalue weighted by molar-refractivity contribution is 4.82. The second-order valence-electron chi connectivity index (χ2n) is 7.18. The molecule has 0 aromatic rings. The zero-order valence-corrected chi connectivity index (χ0v) is 14.1. The zero-order chi connectivity index (χ0) is 14.9. The highest BCUT2D eigenvalue weighted by Gasteiger charge is 2.27. The predicted octanol–water partition coefficient (Wildman–Crippen LogP) is 3.71. The molecule has 1 aliphatic heterocycles. The monoisotopic (exact) mass is 296 g/mol. The van der Waals surface area contributed by atoms with E-state index in [0.717, 1.165) is 25.7 Å². The van der Waals surface area contributed by atoms with Crippen LogP contribution in [-0.2, 0) is 4.74 Å². The van der Waals surface area contributed by atoms with Crippen LogP contribution in [0, 0.1) is 0 Å². The average Bonchev–Trinajstić information content (AvgIpc) is 2.48. The maximum Gasteiger partial charge on any atom is 0.0850 e. The summed E-state index contributed by atoms with van der Waals surface area (Å²) in [6, 6.07) is 0.925. The van der Waals surface area contributed by atoms with Gasteiger partial charge in [0.05, 0.1) is 12.7 Å². The largest absolute Gasteiger partial charge is 0.374 e. The number of nitrogens with two attached hydrogens (primary N) is 1. The molecule has 124 valence electrons. The topological polar surface area (TPSA) is 38.5 Å². The number of hydrogen-bond acceptors (Lipinski definition) is 3. The molecule has 0 radical (unpaired) electrons. The Kier molecular flexibility index (Phi) is 8.05. The van der Waals surface area contributed by atoms with Crippen LogP contribution in [0.15, 0.2) is 0 Å². The molecule has 2 unspecified atom stereocenters. The Labute approximate surface area is 131 Å². The molecule has 0 amide bonds. The molecule has 0 aromatic carbocycles. The summed E-state index contributed by atoms with van der Waals surface area (Å²) in [5.41, 5.74) is 6.05. The van der Waals surface area contributed by atoms with Crippen LogP contribution in [0.1, 0.15) is 77.6 Å². The quantitative estimate of drug-likeness (QED) is 0.844. The van der Waals surface area contributed by atoms with Crippen molar-refractivity contribution in [1.29, 1.82) is 0 Å². The minimum absolute atomic E-state index is 0.152. The van der Waals surface area contributed by atoms with Crippen molar-refractivity contribution in [2.45, 2.75) is 95.7 Å². The van der Waals surface area contributed by atoms with Crippen LogP contribution in [0.3, 0.4) is 0 Å². The fourth-order valence-corrected chi connectivity index (χ4v) is 3.85. The first-order valence-corrected chi connectivity index (χ1v) is 9.38. The Hall–Kier alpha value is -0.120. The third-order valence-corrected chi connectivity index (χ3v) is 5.30. The van der Waals surface area contributed by atoms with E-state index in [9.17, 15) is 0 Å². The first-order valence-electron chi connectivity index (χ1n) is 9.38. The molecular formula is C18H36N2O. The minimum Gasteiger partial charge on any atom is -0.374 e. The zero-order valence-electron chi connectivity index (χ0n) is 14.1. The van der Waals surface area contributed by atoms with E-state index in [1.165, 1.54) is 70.6 Å². The molecule has 3 nitrogen and oxygen atoms in total. The summed E-state index contributed by atoms with van der Waals surface area (Å²) < 4.78 is 5.83. The molecule has 0 spiro atoms. The summed E-state index contributed by atoms with van der Waals surface area (Å²) in [6.07, 6.45) is 15.9. The van der Waals surface area contributed by atoms with Crippen LogP contribution >= 0.6 is 0 Å². The lowest BCUT2D eigenvalue weighted by Gasteiger charge is -2.40.